The maximum absolute atomic E-state index is 11.8. The van der Waals surface area contributed by atoms with Gasteiger partial charge in [0.1, 0.15) is 5.56 Å². The van der Waals surface area contributed by atoms with Gasteiger partial charge >= 0.3 is 12.0 Å². The lowest BCUT2D eigenvalue weighted by Gasteiger charge is -2.22. The van der Waals surface area contributed by atoms with Crippen LogP contribution in [0.25, 0.3) is 0 Å². The van der Waals surface area contributed by atoms with Gasteiger partial charge in [-0.25, -0.2) is 9.59 Å². The molecular formula is C13H16N2O5S. The number of carbonyl (C=O) groups is 2. The van der Waals surface area contributed by atoms with Gasteiger partial charge in [-0.15, -0.1) is 0 Å². The first-order chi connectivity index (χ1) is 9.97. The summed E-state index contributed by atoms with van der Waals surface area (Å²) >= 11 is 0. The van der Waals surface area contributed by atoms with E-state index in [0.717, 1.165) is 0 Å². The van der Waals surface area contributed by atoms with Gasteiger partial charge in [0.05, 0.1) is 5.69 Å². The number of amides is 2. The molecule has 1 saturated heterocycles. The second kappa shape index (κ2) is 6.57. The number of anilines is 1. The van der Waals surface area contributed by atoms with Crippen LogP contribution in [0.4, 0.5) is 10.5 Å². The summed E-state index contributed by atoms with van der Waals surface area (Å²) in [4.78, 5) is 22.7. The second-order valence-electron chi connectivity index (χ2n) is 4.73. The molecule has 4 N–H and O–H groups in total. The smallest absolute Gasteiger partial charge is 0.339 e. The van der Waals surface area contributed by atoms with Crippen molar-refractivity contribution in [2.45, 2.75) is 18.9 Å². The van der Waals surface area contributed by atoms with Crippen LogP contribution in [0, 0.1) is 0 Å². The van der Waals surface area contributed by atoms with Crippen LogP contribution in [0.1, 0.15) is 23.2 Å². The van der Waals surface area contributed by atoms with Crippen molar-refractivity contribution in [3.05, 3.63) is 23.8 Å². The van der Waals surface area contributed by atoms with Crippen LogP contribution >= 0.6 is 0 Å². The number of para-hydroxylation sites is 1. The number of carboxylic acid groups (broad SMARTS) is 1. The number of benzene rings is 1. The highest BCUT2D eigenvalue weighted by molar-refractivity contribution is 7.85. The van der Waals surface area contributed by atoms with Crippen molar-refractivity contribution in [1.82, 2.24) is 5.32 Å². The van der Waals surface area contributed by atoms with Gasteiger partial charge in [0.2, 0.25) is 0 Å². The third-order valence-electron chi connectivity index (χ3n) is 3.24. The largest absolute Gasteiger partial charge is 0.505 e. The number of carbonyl (C=O) groups excluding carboxylic acids is 1. The molecule has 1 aromatic carbocycles. The Morgan fingerprint density at radius 1 is 1.24 bits per heavy atom. The predicted molar refractivity (Wildman–Crippen MR) is 78.1 cm³/mol. The van der Waals surface area contributed by atoms with Gasteiger partial charge in [0.15, 0.2) is 5.75 Å². The van der Waals surface area contributed by atoms with Crippen LogP contribution in [-0.4, -0.2) is 44.0 Å². The molecule has 0 aromatic heterocycles. The molecule has 7 nitrogen and oxygen atoms in total. The van der Waals surface area contributed by atoms with E-state index in [4.69, 9.17) is 5.11 Å². The third-order valence-corrected chi connectivity index (χ3v) is 4.62. The van der Waals surface area contributed by atoms with E-state index in [1.165, 1.54) is 18.2 Å². The maximum Gasteiger partial charge on any atom is 0.339 e. The average molecular weight is 312 g/mol. The topological polar surface area (TPSA) is 116 Å². The molecule has 0 bridgehead atoms. The maximum atomic E-state index is 11.8. The summed E-state index contributed by atoms with van der Waals surface area (Å²) in [5.41, 5.74) is -0.243. The summed E-state index contributed by atoms with van der Waals surface area (Å²) in [7, 11) is -0.803. The number of urea groups is 1. The summed E-state index contributed by atoms with van der Waals surface area (Å²) < 4.78 is 11.2. The van der Waals surface area contributed by atoms with Crippen molar-refractivity contribution in [2.24, 2.45) is 0 Å². The van der Waals surface area contributed by atoms with Gasteiger partial charge < -0.3 is 20.8 Å². The molecule has 0 spiro atoms. The first-order valence-corrected chi connectivity index (χ1v) is 7.94. The van der Waals surface area contributed by atoms with Crippen molar-refractivity contribution in [2.75, 3.05) is 16.8 Å². The lowest BCUT2D eigenvalue weighted by molar-refractivity contribution is 0.0693. The molecule has 8 heteroatoms. The molecule has 1 fully saturated rings. The number of hydrogen-bond acceptors (Lipinski definition) is 4. The summed E-state index contributed by atoms with van der Waals surface area (Å²) in [5, 5.41) is 23.8. The zero-order valence-electron chi connectivity index (χ0n) is 11.2. The predicted octanol–water partition coefficient (Wildman–Crippen LogP) is 1.12. The fourth-order valence-electron chi connectivity index (χ4n) is 2.10. The fourth-order valence-corrected chi connectivity index (χ4v) is 3.40. The van der Waals surface area contributed by atoms with E-state index in [1.807, 2.05) is 0 Å². The zero-order chi connectivity index (χ0) is 15.4. The monoisotopic (exact) mass is 312 g/mol. The molecule has 1 aliphatic heterocycles. The molecule has 2 amide bonds. The van der Waals surface area contributed by atoms with Crippen LogP contribution < -0.4 is 10.6 Å². The molecule has 1 aromatic rings. The van der Waals surface area contributed by atoms with E-state index in [9.17, 15) is 18.9 Å². The molecule has 0 aliphatic carbocycles. The minimum atomic E-state index is -1.27. The van der Waals surface area contributed by atoms with Crippen LogP contribution in [0.15, 0.2) is 18.2 Å². The lowest BCUT2D eigenvalue weighted by Crippen LogP contribution is -2.41. The van der Waals surface area contributed by atoms with Crippen molar-refractivity contribution < 1.29 is 24.0 Å². The van der Waals surface area contributed by atoms with Crippen molar-refractivity contribution in [1.29, 1.82) is 0 Å². The number of aromatic carboxylic acids is 1. The Morgan fingerprint density at radius 2 is 1.90 bits per heavy atom. The quantitative estimate of drug-likeness (QED) is 0.624. The Kier molecular flexibility index (Phi) is 4.79. The number of phenols is 1. The van der Waals surface area contributed by atoms with Gasteiger partial charge in [0.25, 0.3) is 0 Å². The van der Waals surface area contributed by atoms with E-state index in [-0.39, 0.29) is 17.3 Å². The number of rotatable bonds is 3. The minimum Gasteiger partial charge on any atom is -0.505 e. The van der Waals surface area contributed by atoms with E-state index in [0.29, 0.717) is 24.3 Å². The second-order valence-corrected chi connectivity index (χ2v) is 6.42. The number of aromatic hydroxyl groups is 1. The molecule has 114 valence electrons. The molecule has 2 rings (SSSR count). The van der Waals surface area contributed by atoms with E-state index in [2.05, 4.69) is 10.6 Å². The van der Waals surface area contributed by atoms with Gasteiger partial charge in [-0.05, 0) is 25.0 Å². The van der Waals surface area contributed by atoms with E-state index >= 15 is 0 Å². The van der Waals surface area contributed by atoms with Crippen molar-refractivity contribution >= 4 is 28.5 Å². The van der Waals surface area contributed by atoms with Gasteiger partial charge in [-0.2, -0.15) is 0 Å². The minimum absolute atomic E-state index is 0.0341. The Balaban J connectivity index is 1.98. The highest BCUT2D eigenvalue weighted by atomic mass is 32.2. The number of hydrogen-bond donors (Lipinski definition) is 4. The SMILES string of the molecule is O=C(Nc1cccc(C(=O)O)c1O)NC1CCS(=O)CC1. The van der Waals surface area contributed by atoms with Crippen molar-refractivity contribution in [3.8, 4) is 5.75 Å². The summed E-state index contributed by atoms with van der Waals surface area (Å²) in [6.45, 7) is 0. The molecule has 0 unspecified atom stereocenters. The van der Waals surface area contributed by atoms with Gasteiger partial charge in [0, 0.05) is 28.3 Å². The first kappa shape index (κ1) is 15.3. The Bertz CT molecular complexity index is 580. The van der Waals surface area contributed by atoms with Gasteiger partial charge in [-0.3, -0.25) is 4.21 Å². The number of carboxylic acids is 1. The summed E-state index contributed by atoms with van der Waals surface area (Å²) in [6, 6.07) is 3.51. The zero-order valence-corrected chi connectivity index (χ0v) is 12.0. The standard InChI is InChI=1S/C13H16N2O5S/c16-11-9(12(17)18)2-1-3-10(11)15-13(19)14-8-4-6-21(20)7-5-8/h1-3,8,16H,4-7H2,(H,17,18)(H2,14,15,19). The first-order valence-electron chi connectivity index (χ1n) is 6.45. The van der Waals surface area contributed by atoms with Crippen LogP contribution in [0.5, 0.6) is 5.75 Å². The lowest BCUT2D eigenvalue weighted by atomic mass is 10.1. The molecule has 1 aliphatic rings. The fraction of sp³-hybridized carbons (Fsp3) is 0.385. The molecular weight excluding hydrogens is 296 g/mol. The van der Waals surface area contributed by atoms with Crippen molar-refractivity contribution in [3.63, 3.8) is 0 Å². The van der Waals surface area contributed by atoms with Crippen LogP contribution in [-0.2, 0) is 10.8 Å². The summed E-state index contributed by atoms with van der Waals surface area (Å²) in [6.07, 6.45) is 1.28. The summed E-state index contributed by atoms with van der Waals surface area (Å²) in [5.74, 6) is -0.633. The molecule has 0 radical (unpaired) electrons. The molecule has 0 saturated carbocycles. The van der Waals surface area contributed by atoms with Crippen LogP contribution in [0.2, 0.25) is 0 Å². The molecule has 1 heterocycles. The highest BCUT2D eigenvalue weighted by Crippen LogP contribution is 2.27. The Labute approximate surface area is 123 Å². The van der Waals surface area contributed by atoms with E-state index < -0.39 is 28.5 Å². The average Bonchev–Trinajstić information content (AvgIpc) is 2.43. The Hall–Kier alpha value is -2.09. The third kappa shape index (κ3) is 3.94. The number of nitrogens with one attached hydrogen (secondary N) is 2. The van der Waals surface area contributed by atoms with Crippen LogP contribution in [0.3, 0.4) is 0 Å². The normalized spacial score (nSPS) is 21.5. The molecule has 0 atom stereocenters. The highest BCUT2D eigenvalue weighted by Gasteiger charge is 2.20. The van der Waals surface area contributed by atoms with Gasteiger partial charge in [-0.1, -0.05) is 6.07 Å². The molecule has 21 heavy (non-hydrogen) atoms. The van der Waals surface area contributed by atoms with E-state index in [1.54, 1.807) is 0 Å². The Morgan fingerprint density at radius 3 is 2.52 bits per heavy atom.